The van der Waals surface area contributed by atoms with Gasteiger partial charge in [-0.3, -0.25) is 4.79 Å². The molecule has 0 aliphatic rings. The van der Waals surface area contributed by atoms with E-state index < -0.39 is 15.9 Å². The summed E-state index contributed by atoms with van der Waals surface area (Å²) in [7, 11) is -2.67. The number of hydrogen-bond donors (Lipinski definition) is 0. The molecule has 29 heavy (non-hydrogen) atoms. The summed E-state index contributed by atoms with van der Waals surface area (Å²) in [5, 5.41) is 4.66. The van der Waals surface area contributed by atoms with E-state index in [0.29, 0.717) is 10.7 Å². The quantitative estimate of drug-likeness (QED) is 0.317. The number of hydrogen-bond acceptors (Lipinski definition) is 5. The van der Waals surface area contributed by atoms with E-state index in [2.05, 4.69) is 5.10 Å². The van der Waals surface area contributed by atoms with E-state index >= 15 is 0 Å². The Hall–Kier alpha value is -0.714. The van der Waals surface area contributed by atoms with Crippen molar-refractivity contribution in [3.05, 3.63) is 74.9 Å². The molecule has 2 aromatic carbocycles. The molecule has 0 saturated heterocycles. The summed E-state index contributed by atoms with van der Waals surface area (Å²) in [5.74, 6) is -0.699. The predicted molar refractivity (Wildman–Crippen MR) is 114 cm³/mol. The van der Waals surface area contributed by atoms with Crippen LogP contribution in [0.1, 0.15) is 27.2 Å². The zero-order valence-corrected chi connectivity index (χ0v) is 17.6. The average molecular weight is 479 g/mol. The Morgan fingerprint density at radius 3 is 2.28 bits per heavy atom. The summed E-state index contributed by atoms with van der Waals surface area (Å²) in [4.78, 5) is 13.0. The molecule has 0 amide bonds. The Morgan fingerprint density at radius 2 is 1.69 bits per heavy atom. The number of carbonyl (C=O) groups excluding carboxylic acids is 1. The molecule has 148 valence electrons. The van der Waals surface area contributed by atoms with Crippen molar-refractivity contribution in [2.24, 2.45) is 7.05 Å². The van der Waals surface area contributed by atoms with Gasteiger partial charge in [-0.05, 0) is 44.2 Å². The molecule has 1 aromatic heterocycles. The molecule has 0 radical (unpaired) electrons. The van der Waals surface area contributed by atoms with Crippen LogP contribution in [-0.2, 0) is 17.2 Å². The fourth-order valence-corrected chi connectivity index (χ4v) is 4.12. The van der Waals surface area contributed by atoms with Crippen molar-refractivity contribution in [2.45, 2.75) is 18.7 Å². The van der Waals surface area contributed by atoms with Gasteiger partial charge in [0.05, 0.1) is 10.7 Å². The van der Waals surface area contributed by atoms with E-state index in [1.54, 1.807) is 19.1 Å². The molecule has 0 saturated carbocycles. The van der Waals surface area contributed by atoms with Gasteiger partial charge in [0.15, 0.2) is 0 Å². The SMILES string of the molecule is Cc1ccc(S(=O)(=O)Oc2c(C(=O)c3ccc(Cl)cc3Cl)c(C)nn2C)cc1.[KH]. The minimum atomic E-state index is -4.16. The summed E-state index contributed by atoms with van der Waals surface area (Å²) >= 11 is 12.0. The van der Waals surface area contributed by atoms with Crippen LogP contribution in [0.25, 0.3) is 0 Å². The number of carbonyl (C=O) groups is 1. The fourth-order valence-electron chi connectivity index (χ4n) is 2.66. The van der Waals surface area contributed by atoms with Crippen LogP contribution in [0.5, 0.6) is 5.88 Å². The Labute approximate surface area is 221 Å². The van der Waals surface area contributed by atoms with Crippen molar-refractivity contribution in [3.8, 4) is 5.88 Å². The van der Waals surface area contributed by atoms with Crippen molar-refractivity contribution >= 4 is 90.5 Å². The van der Waals surface area contributed by atoms with Gasteiger partial charge in [-0.2, -0.15) is 13.5 Å². The number of aryl methyl sites for hydroxylation is 3. The molecule has 10 heteroatoms. The number of aromatic nitrogens is 2. The molecular formula is C19H17Cl2KN2O4S. The molecular weight excluding hydrogens is 462 g/mol. The van der Waals surface area contributed by atoms with Crippen LogP contribution in [0, 0.1) is 13.8 Å². The normalized spacial score (nSPS) is 11.1. The van der Waals surface area contributed by atoms with Gasteiger partial charge in [0.2, 0.25) is 11.7 Å². The van der Waals surface area contributed by atoms with Gasteiger partial charge in [-0.15, -0.1) is 0 Å². The molecule has 0 unspecified atom stereocenters. The van der Waals surface area contributed by atoms with Crippen LogP contribution in [-0.4, -0.2) is 75.4 Å². The molecule has 0 bridgehead atoms. The van der Waals surface area contributed by atoms with Gasteiger partial charge in [0.25, 0.3) is 0 Å². The van der Waals surface area contributed by atoms with Crippen molar-refractivity contribution < 1.29 is 17.4 Å². The van der Waals surface area contributed by atoms with E-state index in [1.807, 2.05) is 6.92 Å². The third kappa shape index (κ3) is 5.32. The number of nitrogens with zero attached hydrogens (tertiary/aromatic N) is 2. The van der Waals surface area contributed by atoms with Crippen LogP contribution in [0.3, 0.4) is 0 Å². The maximum absolute atomic E-state index is 13.0. The van der Waals surface area contributed by atoms with Gasteiger partial charge in [-0.25, -0.2) is 4.68 Å². The summed E-state index contributed by atoms with van der Waals surface area (Å²) in [6.07, 6.45) is 0. The zero-order valence-electron chi connectivity index (χ0n) is 15.2. The Kier molecular flexibility index (Phi) is 8.14. The molecule has 3 rings (SSSR count). The molecule has 1 heterocycles. The van der Waals surface area contributed by atoms with E-state index in [-0.39, 0.29) is 78.3 Å². The Balaban J connectivity index is 0.00000300. The summed E-state index contributed by atoms with van der Waals surface area (Å²) in [6, 6.07) is 10.6. The van der Waals surface area contributed by atoms with Crippen LogP contribution in [0.15, 0.2) is 47.4 Å². The topological polar surface area (TPSA) is 78.3 Å². The second kappa shape index (κ2) is 9.61. The molecule has 0 N–H and O–H groups in total. The molecule has 3 aromatic rings. The first kappa shape index (κ1) is 24.6. The predicted octanol–water partition coefficient (Wildman–Crippen LogP) is 3.69. The minimum absolute atomic E-state index is 0. The number of halogens is 2. The Bertz CT molecular complexity index is 1180. The average Bonchev–Trinajstić information content (AvgIpc) is 2.87. The van der Waals surface area contributed by atoms with Gasteiger partial charge < -0.3 is 4.18 Å². The first-order valence-corrected chi connectivity index (χ1v) is 10.3. The van der Waals surface area contributed by atoms with E-state index in [1.165, 1.54) is 42.1 Å². The van der Waals surface area contributed by atoms with Crippen molar-refractivity contribution in [1.82, 2.24) is 9.78 Å². The standard InChI is InChI=1S/C19H16Cl2N2O4S.K.H/c1-11-4-7-14(8-5-11)28(25,26)27-19-17(12(2)22-23(19)3)18(24)15-9-6-13(20)10-16(15)21;;/h4-10H,1-3H3;;. The molecule has 0 spiro atoms. The van der Waals surface area contributed by atoms with Crippen molar-refractivity contribution in [1.29, 1.82) is 0 Å². The first-order valence-electron chi connectivity index (χ1n) is 8.14. The number of ketones is 1. The number of rotatable bonds is 5. The van der Waals surface area contributed by atoms with E-state index in [0.717, 1.165) is 5.56 Å². The Morgan fingerprint density at radius 1 is 1.07 bits per heavy atom. The van der Waals surface area contributed by atoms with Crippen LogP contribution >= 0.6 is 23.2 Å². The summed E-state index contributed by atoms with van der Waals surface area (Å²) in [5.41, 5.74) is 1.40. The van der Waals surface area contributed by atoms with Gasteiger partial charge in [0.1, 0.15) is 10.5 Å². The molecule has 6 nitrogen and oxygen atoms in total. The second-order valence-electron chi connectivity index (χ2n) is 6.19. The molecule has 0 aliphatic carbocycles. The van der Waals surface area contributed by atoms with Gasteiger partial charge >= 0.3 is 61.5 Å². The fraction of sp³-hybridized carbons (Fsp3) is 0.158. The maximum atomic E-state index is 13.0. The zero-order chi connectivity index (χ0) is 20.6. The van der Waals surface area contributed by atoms with Crippen LogP contribution < -0.4 is 4.18 Å². The van der Waals surface area contributed by atoms with Crippen molar-refractivity contribution in [2.75, 3.05) is 0 Å². The third-order valence-electron chi connectivity index (χ3n) is 4.07. The van der Waals surface area contributed by atoms with Crippen LogP contribution in [0.4, 0.5) is 0 Å². The second-order valence-corrected chi connectivity index (χ2v) is 8.58. The monoisotopic (exact) mass is 478 g/mol. The van der Waals surface area contributed by atoms with Gasteiger partial charge in [0, 0.05) is 17.6 Å². The van der Waals surface area contributed by atoms with E-state index in [4.69, 9.17) is 27.4 Å². The first-order chi connectivity index (χ1) is 13.1. The van der Waals surface area contributed by atoms with Gasteiger partial charge in [-0.1, -0.05) is 40.9 Å². The van der Waals surface area contributed by atoms with E-state index in [9.17, 15) is 13.2 Å². The molecule has 0 atom stereocenters. The van der Waals surface area contributed by atoms with Crippen molar-refractivity contribution in [3.63, 3.8) is 0 Å². The number of benzene rings is 2. The molecule has 0 aliphatic heterocycles. The summed E-state index contributed by atoms with van der Waals surface area (Å²) in [6.45, 7) is 3.43. The third-order valence-corrected chi connectivity index (χ3v) is 5.85. The molecule has 0 fully saturated rings. The summed E-state index contributed by atoms with van der Waals surface area (Å²) < 4.78 is 31.9. The van der Waals surface area contributed by atoms with Crippen LogP contribution in [0.2, 0.25) is 10.0 Å².